The van der Waals surface area contributed by atoms with Crippen LogP contribution in [0.15, 0.2) is 48.7 Å². The molecule has 9 heteroatoms. The fourth-order valence-electron chi connectivity index (χ4n) is 4.75. The van der Waals surface area contributed by atoms with E-state index in [-0.39, 0.29) is 17.4 Å². The molecule has 1 amide bonds. The van der Waals surface area contributed by atoms with Crippen LogP contribution in [0.25, 0.3) is 11.3 Å². The van der Waals surface area contributed by atoms with Gasteiger partial charge >= 0.3 is 6.09 Å². The molecule has 3 aromatic rings. The van der Waals surface area contributed by atoms with E-state index in [9.17, 15) is 18.0 Å². The molecule has 1 unspecified atom stereocenters. The molecule has 1 atom stereocenters. The summed E-state index contributed by atoms with van der Waals surface area (Å²) in [6.45, 7) is 7.87. The Morgan fingerprint density at radius 2 is 1.77 bits per heavy atom. The number of likely N-dealkylation sites (tertiary alicyclic amines) is 1. The van der Waals surface area contributed by atoms with Crippen LogP contribution in [-0.2, 0) is 16.8 Å². The highest BCUT2D eigenvalue weighted by Crippen LogP contribution is 2.37. The Bertz CT molecular complexity index is 1270. The van der Waals surface area contributed by atoms with Crippen LogP contribution < -0.4 is 4.90 Å². The topological polar surface area (TPSA) is 50.6 Å². The molecule has 0 aliphatic carbocycles. The van der Waals surface area contributed by atoms with E-state index in [1.165, 1.54) is 6.07 Å². The summed E-state index contributed by atoms with van der Waals surface area (Å²) >= 11 is 0. The Kier molecular flexibility index (Phi) is 5.62. The normalized spacial score (nSPS) is 20.7. The van der Waals surface area contributed by atoms with Crippen LogP contribution in [0.2, 0.25) is 0 Å². The first-order chi connectivity index (χ1) is 16.6. The number of benzene rings is 2. The molecule has 2 fully saturated rings. The van der Waals surface area contributed by atoms with Crippen molar-refractivity contribution in [2.45, 2.75) is 44.9 Å². The highest BCUT2D eigenvalue weighted by atomic mass is 19.2. The number of hydrogen-bond donors (Lipinski definition) is 0. The van der Waals surface area contributed by atoms with Crippen molar-refractivity contribution in [2.24, 2.45) is 0 Å². The van der Waals surface area contributed by atoms with Gasteiger partial charge in [0, 0.05) is 49.1 Å². The van der Waals surface area contributed by atoms with Crippen LogP contribution in [-0.4, -0.2) is 46.0 Å². The van der Waals surface area contributed by atoms with Gasteiger partial charge in [0.15, 0.2) is 17.5 Å². The number of carbonyl (C=O) groups excluding carboxylic acids is 1. The molecule has 35 heavy (non-hydrogen) atoms. The minimum atomic E-state index is -1.52. The maximum Gasteiger partial charge on any atom is 0.415 e. The number of aromatic nitrogens is 2. The van der Waals surface area contributed by atoms with Gasteiger partial charge < -0.3 is 4.74 Å². The smallest absolute Gasteiger partial charge is 0.415 e. The Hall–Kier alpha value is -3.33. The van der Waals surface area contributed by atoms with Crippen molar-refractivity contribution in [3.8, 4) is 11.3 Å². The lowest BCUT2D eigenvalue weighted by atomic mass is 10.0. The molecule has 5 rings (SSSR count). The third kappa shape index (κ3) is 4.29. The number of anilines is 1. The Labute approximate surface area is 201 Å². The molecule has 2 saturated heterocycles. The van der Waals surface area contributed by atoms with E-state index in [1.54, 1.807) is 9.58 Å². The van der Waals surface area contributed by atoms with E-state index in [0.717, 1.165) is 11.8 Å². The molecule has 1 spiro atoms. The minimum absolute atomic E-state index is 0.0849. The Morgan fingerprint density at radius 3 is 2.49 bits per heavy atom. The molecular formula is C26H27F3N4O2. The van der Waals surface area contributed by atoms with Crippen LogP contribution >= 0.6 is 0 Å². The lowest BCUT2D eigenvalue weighted by molar-refractivity contribution is 0.0629. The molecule has 2 aliphatic rings. The standard InChI is InChI=1S/C26H27F3N4O2/c1-25(2,3)33-14-17(23(30-33)19-9-10-20(27)22(29)21(19)28)13-31-12-11-26(15-31)16-32(24(34)35-26)18-7-5-4-6-8-18/h4-10,14H,11-13,15-16H2,1-3H3. The summed E-state index contributed by atoms with van der Waals surface area (Å²) in [5.74, 6) is -4.01. The number of nitrogens with zero attached hydrogens (tertiary/aromatic N) is 4. The molecule has 0 saturated carbocycles. The molecule has 0 bridgehead atoms. The van der Waals surface area contributed by atoms with Gasteiger partial charge in [-0.15, -0.1) is 0 Å². The van der Waals surface area contributed by atoms with Crippen LogP contribution in [0.3, 0.4) is 0 Å². The molecular weight excluding hydrogens is 457 g/mol. The molecule has 2 aromatic carbocycles. The number of rotatable bonds is 4. The molecule has 2 aliphatic heterocycles. The van der Waals surface area contributed by atoms with E-state index in [2.05, 4.69) is 10.00 Å². The van der Waals surface area contributed by atoms with Gasteiger partial charge in [0.1, 0.15) is 5.60 Å². The van der Waals surface area contributed by atoms with Crippen molar-refractivity contribution in [3.05, 3.63) is 71.7 Å². The molecule has 1 aromatic heterocycles. The van der Waals surface area contributed by atoms with Gasteiger partial charge in [-0.2, -0.15) is 5.10 Å². The summed E-state index contributed by atoms with van der Waals surface area (Å²) in [7, 11) is 0. The average molecular weight is 485 g/mol. The van der Waals surface area contributed by atoms with Crippen molar-refractivity contribution in [2.75, 3.05) is 24.5 Å². The fourth-order valence-corrected chi connectivity index (χ4v) is 4.75. The van der Waals surface area contributed by atoms with Crippen LogP contribution in [0.4, 0.5) is 23.7 Å². The van der Waals surface area contributed by atoms with Crippen LogP contribution in [0.1, 0.15) is 32.8 Å². The number of ether oxygens (including phenoxy) is 1. The van der Waals surface area contributed by atoms with Gasteiger partial charge in [0.25, 0.3) is 0 Å². The summed E-state index contributed by atoms with van der Waals surface area (Å²) in [5, 5.41) is 4.55. The van der Waals surface area contributed by atoms with Gasteiger partial charge in [-0.3, -0.25) is 14.5 Å². The Morgan fingerprint density at radius 1 is 1.03 bits per heavy atom. The highest BCUT2D eigenvalue weighted by Gasteiger charge is 2.50. The number of para-hydroxylation sites is 1. The highest BCUT2D eigenvalue weighted by molar-refractivity contribution is 5.90. The van der Waals surface area contributed by atoms with Crippen LogP contribution in [0.5, 0.6) is 0 Å². The first-order valence-corrected chi connectivity index (χ1v) is 11.6. The second kappa shape index (κ2) is 8.41. The molecule has 184 valence electrons. The average Bonchev–Trinajstić information content (AvgIpc) is 3.50. The Balaban J connectivity index is 1.41. The third-order valence-electron chi connectivity index (χ3n) is 6.60. The summed E-state index contributed by atoms with van der Waals surface area (Å²) in [6, 6.07) is 11.5. The van der Waals surface area contributed by atoms with E-state index >= 15 is 0 Å². The number of carbonyl (C=O) groups is 1. The minimum Gasteiger partial charge on any atom is -0.439 e. The zero-order valence-electron chi connectivity index (χ0n) is 19.9. The van der Waals surface area contributed by atoms with Crippen LogP contribution in [0, 0.1) is 17.5 Å². The molecule has 6 nitrogen and oxygen atoms in total. The molecule has 0 N–H and O–H groups in total. The van der Waals surface area contributed by atoms with Gasteiger partial charge in [0.05, 0.1) is 17.8 Å². The maximum absolute atomic E-state index is 14.7. The third-order valence-corrected chi connectivity index (χ3v) is 6.60. The van der Waals surface area contributed by atoms with Crippen molar-refractivity contribution >= 4 is 11.8 Å². The zero-order chi connectivity index (χ0) is 25.0. The first kappa shape index (κ1) is 23.4. The van der Waals surface area contributed by atoms with Crippen molar-refractivity contribution in [1.82, 2.24) is 14.7 Å². The van der Waals surface area contributed by atoms with E-state index < -0.39 is 28.6 Å². The largest absolute Gasteiger partial charge is 0.439 e. The fraction of sp³-hybridized carbons (Fsp3) is 0.385. The monoisotopic (exact) mass is 484 g/mol. The predicted molar refractivity (Wildman–Crippen MR) is 125 cm³/mol. The lowest BCUT2D eigenvalue weighted by Gasteiger charge is -2.22. The quantitative estimate of drug-likeness (QED) is 0.470. The SMILES string of the molecule is CC(C)(C)n1cc(CN2CCC3(C2)CN(c2ccccc2)C(=O)O3)c(-c2ccc(F)c(F)c2F)n1. The zero-order valence-corrected chi connectivity index (χ0v) is 19.9. The van der Waals surface area contributed by atoms with E-state index in [0.29, 0.717) is 38.2 Å². The maximum atomic E-state index is 14.7. The predicted octanol–water partition coefficient (Wildman–Crippen LogP) is 5.32. The summed E-state index contributed by atoms with van der Waals surface area (Å²) in [5.41, 5.74) is 0.623. The molecule has 3 heterocycles. The van der Waals surface area contributed by atoms with Gasteiger partial charge in [0.2, 0.25) is 0 Å². The van der Waals surface area contributed by atoms with Gasteiger partial charge in [-0.1, -0.05) is 18.2 Å². The number of amides is 1. The second-order valence-corrected chi connectivity index (χ2v) is 10.3. The summed E-state index contributed by atoms with van der Waals surface area (Å²) in [4.78, 5) is 16.4. The summed E-state index contributed by atoms with van der Waals surface area (Å²) < 4.78 is 49.8. The van der Waals surface area contributed by atoms with Crippen molar-refractivity contribution in [1.29, 1.82) is 0 Å². The van der Waals surface area contributed by atoms with Gasteiger partial charge in [-0.05, 0) is 45.0 Å². The first-order valence-electron chi connectivity index (χ1n) is 11.6. The van der Waals surface area contributed by atoms with Crippen molar-refractivity contribution in [3.63, 3.8) is 0 Å². The summed E-state index contributed by atoms with van der Waals surface area (Å²) in [6.07, 6.45) is 2.10. The number of halogens is 3. The second-order valence-electron chi connectivity index (χ2n) is 10.3. The van der Waals surface area contributed by atoms with Crippen molar-refractivity contribution < 1.29 is 22.7 Å². The molecule has 0 radical (unpaired) electrons. The van der Waals surface area contributed by atoms with Gasteiger partial charge in [-0.25, -0.2) is 18.0 Å². The van der Waals surface area contributed by atoms with E-state index in [1.807, 2.05) is 57.3 Å². The number of hydrogen-bond acceptors (Lipinski definition) is 4. The van der Waals surface area contributed by atoms with E-state index in [4.69, 9.17) is 4.74 Å². The lowest BCUT2D eigenvalue weighted by Crippen LogP contribution is -2.37.